The lowest BCUT2D eigenvalue weighted by Gasteiger charge is -2.17. The minimum absolute atomic E-state index is 0.199. The van der Waals surface area contributed by atoms with Crippen molar-refractivity contribution in [1.82, 2.24) is 15.5 Å². The summed E-state index contributed by atoms with van der Waals surface area (Å²) in [6.07, 6.45) is 0. The highest BCUT2D eigenvalue weighted by Gasteiger charge is 2.20. The highest BCUT2D eigenvalue weighted by atomic mass is 16.5. The molecule has 1 atom stereocenters. The molecule has 0 unspecified atom stereocenters. The van der Waals surface area contributed by atoms with Crippen LogP contribution in [0.1, 0.15) is 40.3 Å². The maximum Gasteiger partial charge on any atom is 0.258 e. The van der Waals surface area contributed by atoms with Crippen molar-refractivity contribution in [1.29, 1.82) is 0 Å². The number of nitrogens with zero attached hydrogens (tertiary/aromatic N) is 2. The number of carbonyl (C=O) groups is 1. The quantitative estimate of drug-likeness (QED) is 0.796. The Balaban J connectivity index is 1.94. The molecule has 0 spiro atoms. The van der Waals surface area contributed by atoms with Crippen LogP contribution in [0, 0.1) is 13.8 Å². The highest BCUT2D eigenvalue weighted by Crippen LogP contribution is 2.26. The van der Waals surface area contributed by atoms with Gasteiger partial charge in [-0.15, -0.1) is 0 Å². The maximum atomic E-state index is 12.8. The van der Waals surface area contributed by atoms with Crippen LogP contribution in [0.25, 0.3) is 11.1 Å². The Morgan fingerprint density at radius 3 is 2.79 bits per heavy atom. The van der Waals surface area contributed by atoms with Gasteiger partial charge in [0.05, 0.1) is 29.8 Å². The van der Waals surface area contributed by atoms with E-state index in [0.29, 0.717) is 28.1 Å². The fraction of sp³-hybridized carbons (Fsp3) is 0.278. The van der Waals surface area contributed by atoms with E-state index in [2.05, 4.69) is 15.5 Å². The van der Waals surface area contributed by atoms with Gasteiger partial charge in [-0.2, -0.15) is 0 Å². The van der Waals surface area contributed by atoms with Gasteiger partial charge in [-0.1, -0.05) is 23.4 Å². The van der Waals surface area contributed by atoms with Crippen molar-refractivity contribution in [3.05, 3.63) is 52.8 Å². The van der Waals surface area contributed by atoms with Gasteiger partial charge in [-0.3, -0.25) is 4.79 Å². The van der Waals surface area contributed by atoms with Crippen LogP contribution in [0.2, 0.25) is 0 Å². The van der Waals surface area contributed by atoms with Gasteiger partial charge in [-0.05, 0) is 32.9 Å². The number of aromatic nitrogens is 2. The molecule has 2 heterocycles. The zero-order chi connectivity index (χ0) is 17.3. The summed E-state index contributed by atoms with van der Waals surface area (Å²) in [5.41, 5.74) is 3.15. The first-order valence-corrected chi connectivity index (χ1v) is 7.68. The summed E-state index contributed by atoms with van der Waals surface area (Å²) in [6.45, 7) is 5.53. The largest absolute Gasteiger partial charge is 0.496 e. The van der Waals surface area contributed by atoms with Crippen LogP contribution in [-0.2, 0) is 0 Å². The molecule has 6 heteroatoms. The number of methoxy groups -OCH3 is 1. The molecule has 1 aromatic carbocycles. The van der Waals surface area contributed by atoms with Crippen LogP contribution in [0.5, 0.6) is 5.75 Å². The van der Waals surface area contributed by atoms with Crippen molar-refractivity contribution in [3.63, 3.8) is 0 Å². The third kappa shape index (κ3) is 2.82. The van der Waals surface area contributed by atoms with E-state index in [1.165, 1.54) is 0 Å². The average Bonchev–Trinajstić information content (AvgIpc) is 2.94. The molecule has 0 fully saturated rings. The van der Waals surface area contributed by atoms with Crippen molar-refractivity contribution in [2.45, 2.75) is 26.8 Å². The molecule has 0 saturated heterocycles. The first kappa shape index (κ1) is 16.0. The molecule has 0 saturated carbocycles. The standard InChI is InChI=1S/C18H19N3O3/c1-10-9-14(16-12(3)21-24-18(16)19-10)17(22)20-11(2)13-7-5-6-8-15(13)23-4/h5-9,11H,1-4H3,(H,20,22)/t11-/m0/s1. The summed E-state index contributed by atoms with van der Waals surface area (Å²) in [7, 11) is 1.61. The molecule has 0 radical (unpaired) electrons. The lowest BCUT2D eigenvalue weighted by Crippen LogP contribution is -2.27. The van der Waals surface area contributed by atoms with Gasteiger partial charge in [0.2, 0.25) is 0 Å². The van der Waals surface area contributed by atoms with Crippen molar-refractivity contribution in [2.75, 3.05) is 7.11 Å². The molecular weight excluding hydrogens is 306 g/mol. The summed E-state index contributed by atoms with van der Waals surface area (Å²) >= 11 is 0. The minimum Gasteiger partial charge on any atom is -0.496 e. The number of ether oxygens (including phenoxy) is 1. The number of hydrogen-bond donors (Lipinski definition) is 1. The predicted molar refractivity (Wildman–Crippen MR) is 90.2 cm³/mol. The van der Waals surface area contributed by atoms with Gasteiger partial charge in [0.15, 0.2) is 0 Å². The van der Waals surface area contributed by atoms with Crippen molar-refractivity contribution in [3.8, 4) is 5.75 Å². The van der Waals surface area contributed by atoms with Gasteiger partial charge in [0.1, 0.15) is 5.75 Å². The predicted octanol–water partition coefficient (Wildman–Crippen LogP) is 3.34. The Morgan fingerprint density at radius 2 is 2.04 bits per heavy atom. The normalized spacial score (nSPS) is 12.2. The summed E-state index contributed by atoms with van der Waals surface area (Å²) < 4.78 is 10.5. The second kappa shape index (κ2) is 6.31. The average molecular weight is 325 g/mol. The zero-order valence-electron chi connectivity index (χ0n) is 14.1. The van der Waals surface area contributed by atoms with Crippen molar-refractivity contribution in [2.24, 2.45) is 0 Å². The number of amides is 1. The van der Waals surface area contributed by atoms with Crippen LogP contribution in [0.3, 0.4) is 0 Å². The first-order valence-electron chi connectivity index (χ1n) is 7.68. The molecule has 0 aliphatic carbocycles. The van der Waals surface area contributed by atoms with Gasteiger partial charge >= 0.3 is 0 Å². The lowest BCUT2D eigenvalue weighted by molar-refractivity contribution is 0.0941. The Hall–Kier alpha value is -2.89. The number of carbonyl (C=O) groups excluding carboxylic acids is 1. The number of rotatable bonds is 4. The second-order valence-electron chi connectivity index (χ2n) is 5.70. The van der Waals surface area contributed by atoms with E-state index in [1.54, 1.807) is 20.1 Å². The molecule has 6 nitrogen and oxygen atoms in total. The number of fused-ring (bicyclic) bond motifs is 1. The van der Waals surface area contributed by atoms with E-state index in [-0.39, 0.29) is 11.9 Å². The Bertz CT molecular complexity index is 902. The third-order valence-corrected chi connectivity index (χ3v) is 3.94. The number of benzene rings is 1. The smallest absolute Gasteiger partial charge is 0.258 e. The molecular formula is C18H19N3O3. The van der Waals surface area contributed by atoms with Gasteiger partial charge < -0.3 is 14.6 Å². The summed E-state index contributed by atoms with van der Waals surface area (Å²) in [6, 6.07) is 9.15. The molecule has 124 valence electrons. The molecule has 3 aromatic rings. The third-order valence-electron chi connectivity index (χ3n) is 3.94. The van der Waals surface area contributed by atoms with Crippen LogP contribution in [0.4, 0.5) is 0 Å². The maximum absolute atomic E-state index is 12.8. The van der Waals surface area contributed by atoms with Crippen LogP contribution in [0.15, 0.2) is 34.9 Å². The lowest BCUT2D eigenvalue weighted by atomic mass is 10.1. The zero-order valence-corrected chi connectivity index (χ0v) is 14.1. The Labute approximate surface area is 139 Å². The first-order chi connectivity index (χ1) is 11.5. The highest BCUT2D eigenvalue weighted by molar-refractivity contribution is 6.06. The van der Waals surface area contributed by atoms with Crippen LogP contribution < -0.4 is 10.1 Å². The van der Waals surface area contributed by atoms with Crippen LogP contribution in [-0.4, -0.2) is 23.2 Å². The number of pyridine rings is 1. The van der Waals surface area contributed by atoms with Crippen molar-refractivity contribution >= 4 is 17.0 Å². The molecule has 2 aromatic heterocycles. The van der Waals surface area contributed by atoms with Gasteiger partial charge in [0.25, 0.3) is 11.6 Å². The molecule has 1 amide bonds. The number of para-hydroxylation sites is 1. The Morgan fingerprint density at radius 1 is 1.29 bits per heavy atom. The number of aryl methyl sites for hydroxylation is 2. The monoisotopic (exact) mass is 325 g/mol. The fourth-order valence-corrected chi connectivity index (χ4v) is 2.77. The second-order valence-corrected chi connectivity index (χ2v) is 5.70. The number of nitrogens with one attached hydrogen (secondary N) is 1. The molecule has 0 bridgehead atoms. The minimum atomic E-state index is -0.211. The van der Waals surface area contributed by atoms with E-state index in [1.807, 2.05) is 38.1 Å². The summed E-state index contributed by atoms with van der Waals surface area (Å²) in [5.74, 6) is 0.540. The van der Waals surface area contributed by atoms with Gasteiger partial charge in [0, 0.05) is 11.3 Å². The Kier molecular flexibility index (Phi) is 4.20. The van der Waals surface area contributed by atoms with E-state index in [0.717, 1.165) is 11.3 Å². The number of hydrogen-bond acceptors (Lipinski definition) is 5. The SMILES string of the molecule is COc1ccccc1[C@H](C)NC(=O)c1cc(C)nc2onc(C)c12. The van der Waals surface area contributed by atoms with E-state index >= 15 is 0 Å². The van der Waals surface area contributed by atoms with E-state index in [4.69, 9.17) is 9.26 Å². The molecule has 24 heavy (non-hydrogen) atoms. The summed E-state index contributed by atoms with van der Waals surface area (Å²) in [5, 5.41) is 7.56. The molecule has 3 rings (SSSR count). The van der Waals surface area contributed by atoms with E-state index in [9.17, 15) is 4.79 Å². The molecule has 0 aliphatic heterocycles. The van der Waals surface area contributed by atoms with Crippen LogP contribution >= 0.6 is 0 Å². The van der Waals surface area contributed by atoms with Gasteiger partial charge in [-0.25, -0.2) is 4.98 Å². The van der Waals surface area contributed by atoms with Crippen molar-refractivity contribution < 1.29 is 14.1 Å². The topological polar surface area (TPSA) is 77.2 Å². The molecule has 0 aliphatic rings. The molecule has 1 N–H and O–H groups in total. The van der Waals surface area contributed by atoms with E-state index < -0.39 is 0 Å². The fourth-order valence-electron chi connectivity index (χ4n) is 2.77. The summed E-state index contributed by atoms with van der Waals surface area (Å²) in [4.78, 5) is 17.1.